The molecule has 0 unspecified atom stereocenters. The molecule has 1 saturated heterocycles. The van der Waals surface area contributed by atoms with Gasteiger partial charge in [0.25, 0.3) is 5.91 Å². The highest BCUT2D eigenvalue weighted by atomic mass is 16.4. The summed E-state index contributed by atoms with van der Waals surface area (Å²) >= 11 is 0. The maximum absolute atomic E-state index is 14.2. The Morgan fingerprint density at radius 2 is 1.70 bits per heavy atom. The number of likely N-dealkylation sites (N-methyl/N-ethyl adjacent to an activating group) is 1. The van der Waals surface area contributed by atoms with E-state index in [0.29, 0.717) is 11.3 Å². The van der Waals surface area contributed by atoms with Crippen LogP contribution in [0.3, 0.4) is 0 Å². The first kappa shape index (κ1) is 34.1. The predicted octanol–water partition coefficient (Wildman–Crippen LogP) is 2.21. The number of phenolic OH excluding ortho intramolecular Hbond substituents is 1. The summed E-state index contributed by atoms with van der Waals surface area (Å²) in [5.74, 6) is -9.00. The molecule has 6 rings (SSSR count). The van der Waals surface area contributed by atoms with Crippen molar-refractivity contribution < 1.29 is 39.9 Å². The molecule has 3 aliphatic carbocycles. The van der Waals surface area contributed by atoms with Crippen molar-refractivity contribution in [1.29, 1.82) is 0 Å². The molecular formula is C35H44N4O8. The zero-order valence-electron chi connectivity index (χ0n) is 26.0. The fourth-order valence-corrected chi connectivity index (χ4v) is 8.03. The number of hydrogen-bond donors (Lipinski definition) is 7. The van der Waals surface area contributed by atoms with E-state index >= 15 is 0 Å². The lowest BCUT2D eigenvalue weighted by Gasteiger charge is -2.53. The molecule has 0 aromatic heterocycles. The number of phenols is 1. The number of nitrogens with two attached hydrogens (primary N) is 1. The van der Waals surface area contributed by atoms with Crippen molar-refractivity contribution in [3.05, 3.63) is 76.1 Å². The minimum absolute atomic E-state index is 0. The van der Waals surface area contributed by atoms with Crippen molar-refractivity contribution in [3.63, 3.8) is 0 Å². The highest BCUT2D eigenvalue weighted by Gasteiger charge is 2.68. The molecule has 1 saturated carbocycles. The molecule has 2 fully saturated rings. The molecule has 6 atom stereocenters. The summed E-state index contributed by atoms with van der Waals surface area (Å²) in [7, 11) is 2.95. The molecule has 2 aromatic carbocycles. The molecule has 8 N–H and O–H groups in total. The second-order valence-electron chi connectivity index (χ2n) is 13.2. The first-order valence-corrected chi connectivity index (χ1v) is 15.5. The van der Waals surface area contributed by atoms with Crippen LogP contribution in [0, 0.1) is 11.8 Å². The minimum atomic E-state index is -2.94. The number of nitrogens with one attached hydrogen (secondary N) is 1. The highest BCUT2D eigenvalue weighted by molar-refractivity contribution is 6.24. The highest BCUT2D eigenvalue weighted by Crippen LogP contribution is 2.56. The van der Waals surface area contributed by atoms with E-state index in [-0.39, 0.29) is 24.8 Å². The molecular weight excluding hydrogens is 604 g/mol. The van der Waals surface area contributed by atoms with Gasteiger partial charge >= 0.3 is 0 Å². The number of amides is 1. The molecule has 47 heavy (non-hydrogen) atoms. The maximum Gasteiger partial charge on any atom is 0.255 e. The Kier molecular flexibility index (Phi) is 9.01. The second kappa shape index (κ2) is 12.4. The number of Topliss-reactive ketones (excluding diaryl/α,β-unsaturated/α-hetero) is 2. The predicted molar refractivity (Wildman–Crippen MR) is 175 cm³/mol. The number of hydrogen-bond acceptors (Lipinski definition) is 11. The van der Waals surface area contributed by atoms with Crippen LogP contribution >= 0.6 is 0 Å². The van der Waals surface area contributed by atoms with Crippen molar-refractivity contribution in [2.45, 2.75) is 63.4 Å². The van der Waals surface area contributed by atoms with E-state index < -0.39 is 75.6 Å². The fourth-order valence-electron chi connectivity index (χ4n) is 8.03. The van der Waals surface area contributed by atoms with Gasteiger partial charge in [-0.3, -0.25) is 24.2 Å². The smallest absolute Gasteiger partial charge is 0.255 e. The average Bonchev–Trinajstić information content (AvgIpc) is 3.01. The Morgan fingerprint density at radius 3 is 2.30 bits per heavy atom. The van der Waals surface area contributed by atoms with Gasteiger partial charge in [0.2, 0.25) is 5.78 Å². The van der Waals surface area contributed by atoms with E-state index in [1.165, 1.54) is 24.6 Å². The number of benzene rings is 2. The minimum Gasteiger partial charge on any atom is -0.508 e. The third-order valence-electron chi connectivity index (χ3n) is 10.3. The van der Waals surface area contributed by atoms with Gasteiger partial charge < -0.3 is 36.6 Å². The molecule has 12 heteroatoms. The summed E-state index contributed by atoms with van der Waals surface area (Å²) in [6, 6.07) is 12.3. The third-order valence-corrected chi connectivity index (χ3v) is 10.3. The van der Waals surface area contributed by atoms with E-state index in [4.69, 9.17) is 5.73 Å². The van der Waals surface area contributed by atoms with Crippen LogP contribution in [0.1, 0.15) is 49.8 Å². The lowest BCUT2D eigenvalue weighted by atomic mass is 9.54. The quantitative estimate of drug-likeness (QED) is 0.179. The van der Waals surface area contributed by atoms with Gasteiger partial charge in [-0.05, 0) is 50.0 Å². The van der Waals surface area contributed by atoms with Crippen LogP contribution in [0.25, 0.3) is 5.76 Å². The van der Waals surface area contributed by atoms with E-state index in [1.807, 2.05) is 18.2 Å². The summed E-state index contributed by atoms with van der Waals surface area (Å²) in [5.41, 5.74) is 3.13. The van der Waals surface area contributed by atoms with Crippen LogP contribution in [0.4, 0.5) is 5.69 Å². The molecule has 1 aliphatic heterocycles. The Balaban J connectivity index is 0.00000433. The number of anilines is 1. The SMILES string of the molecule is C.C[C@@H]1c2ccc(NC3CCN(Cc4ccccc4)CC3)c(O)c2C(O)=C2C(=O)[C@@]3(O)C(O)=C(C(N)=O)C(=O)[C@H](N(C)C)[C@H]3[C@H](O)[C@H]21. The number of aliphatic hydroxyl groups excluding tert-OH is 3. The van der Waals surface area contributed by atoms with Gasteiger partial charge in [-0.25, -0.2) is 0 Å². The molecule has 0 bridgehead atoms. The Morgan fingerprint density at radius 1 is 1.06 bits per heavy atom. The molecule has 2 aromatic rings. The summed E-state index contributed by atoms with van der Waals surface area (Å²) in [6.45, 7) is 4.25. The number of carbonyl (C=O) groups excluding carboxylic acids is 3. The number of fused-ring (bicyclic) bond motifs is 3. The molecule has 0 radical (unpaired) electrons. The van der Waals surface area contributed by atoms with Gasteiger partial charge in [0.15, 0.2) is 11.4 Å². The van der Waals surface area contributed by atoms with Crippen molar-refractivity contribution >= 4 is 28.9 Å². The van der Waals surface area contributed by atoms with E-state index in [2.05, 4.69) is 22.3 Å². The molecule has 0 spiro atoms. The first-order valence-electron chi connectivity index (χ1n) is 15.5. The Hall–Kier alpha value is -4.23. The standard InChI is InChI=1S/C34H40N4O8.CH4/c1-16-19-9-10-20(36-18-11-13-38(14-12-18)15-17-7-5-4-6-8-17)27(39)22(19)28(40)23-21(16)29(41)25-26(37(2)3)30(42)24(33(35)45)32(44)34(25,46)31(23)43;/h4-10,16,18,21,25-26,29,36,39-41,44,46H,11-15H2,1-3H3,(H2,35,45);1H4/t16-,21+,25+,26-,29-,34-;/m1./s1. The van der Waals surface area contributed by atoms with Gasteiger partial charge in [0.05, 0.1) is 29.3 Å². The number of aromatic hydroxyl groups is 1. The van der Waals surface area contributed by atoms with Gasteiger partial charge in [-0.2, -0.15) is 0 Å². The summed E-state index contributed by atoms with van der Waals surface area (Å²) in [4.78, 5) is 43.5. The van der Waals surface area contributed by atoms with Gasteiger partial charge in [-0.15, -0.1) is 0 Å². The van der Waals surface area contributed by atoms with E-state index in [0.717, 1.165) is 32.5 Å². The van der Waals surface area contributed by atoms with Crippen molar-refractivity contribution in [2.24, 2.45) is 17.6 Å². The third kappa shape index (κ3) is 5.20. The average molecular weight is 649 g/mol. The number of likely N-dealkylation sites (tertiary alicyclic amines) is 1. The van der Waals surface area contributed by atoms with Crippen molar-refractivity contribution in [1.82, 2.24) is 9.80 Å². The Bertz CT molecular complexity index is 1660. The normalized spacial score (nSPS) is 29.6. The zero-order valence-corrected chi connectivity index (χ0v) is 26.0. The molecule has 1 heterocycles. The maximum atomic E-state index is 14.2. The summed E-state index contributed by atoms with van der Waals surface area (Å²) in [5, 5.41) is 61.2. The van der Waals surface area contributed by atoms with E-state index in [9.17, 15) is 39.9 Å². The molecule has 1 amide bonds. The van der Waals surface area contributed by atoms with Gasteiger partial charge in [-0.1, -0.05) is 50.7 Å². The largest absolute Gasteiger partial charge is 0.508 e. The lowest BCUT2D eigenvalue weighted by molar-refractivity contribution is -0.169. The topological polar surface area (TPSA) is 197 Å². The zero-order chi connectivity index (χ0) is 33.2. The van der Waals surface area contributed by atoms with Crippen LogP contribution in [0.15, 0.2) is 59.4 Å². The lowest BCUT2D eigenvalue weighted by Crippen LogP contribution is -2.70. The number of ketones is 2. The number of carbonyl (C=O) groups is 3. The Labute approximate surface area is 273 Å². The first-order chi connectivity index (χ1) is 21.8. The number of aliphatic hydroxyl groups is 4. The van der Waals surface area contributed by atoms with Crippen LogP contribution in [0.5, 0.6) is 5.75 Å². The number of piperidine rings is 1. The fraction of sp³-hybridized carbons (Fsp3) is 0.457. The van der Waals surface area contributed by atoms with Gasteiger partial charge in [0.1, 0.15) is 22.8 Å². The second-order valence-corrected chi connectivity index (χ2v) is 13.2. The van der Waals surface area contributed by atoms with Gasteiger partial charge in [0, 0.05) is 37.2 Å². The number of nitrogens with zero attached hydrogens (tertiary/aromatic N) is 2. The van der Waals surface area contributed by atoms with Crippen LogP contribution in [-0.4, -0.2) is 104 Å². The van der Waals surface area contributed by atoms with Crippen molar-refractivity contribution in [2.75, 3.05) is 32.5 Å². The van der Waals surface area contributed by atoms with Crippen molar-refractivity contribution in [3.8, 4) is 5.75 Å². The molecule has 252 valence electrons. The number of rotatable bonds is 6. The monoisotopic (exact) mass is 648 g/mol. The van der Waals surface area contributed by atoms with Crippen LogP contribution < -0.4 is 11.1 Å². The summed E-state index contributed by atoms with van der Waals surface area (Å²) in [6.07, 6.45) is -0.00169. The summed E-state index contributed by atoms with van der Waals surface area (Å²) < 4.78 is 0. The van der Waals surface area contributed by atoms with Crippen LogP contribution in [-0.2, 0) is 20.9 Å². The molecule has 12 nitrogen and oxygen atoms in total. The molecule has 4 aliphatic rings. The van der Waals surface area contributed by atoms with Crippen LogP contribution in [0.2, 0.25) is 0 Å². The van der Waals surface area contributed by atoms with E-state index in [1.54, 1.807) is 19.1 Å². The number of primary amides is 1.